The third kappa shape index (κ3) is 3.92. The van der Waals surface area contributed by atoms with Crippen molar-refractivity contribution in [2.45, 2.75) is 25.6 Å². The summed E-state index contributed by atoms with van der Waals surface area (Å²) in [6.07, 6.45) is -4.66. The van der Waals surface area contributed by atoms with Crippen LogP contribution in [0, 0.1) is 5.82 Å². The third-order valence-electron chi connectivity index (χ3n) is 2.39. The summed E-state index contributed by atoms with van der Waals surface area (Å²) in [6.45, 7) is 2.48. The zero-order valence-corrected chi connectivity index (χ0v) is 10.3. The summed E-state index contributed by atoms with van der Waals surface area (Å²) in [4.78, 5) is 11.7. The van der Waals surface area contributed by atoms with Crippen molar-refractivity contribution in [3.8, 4) is 0 Å². The molecule has 0 atom stereocenters. The number of hydrogen-bond donors (Lipinski definition) is 2. The molecule has 0 aliphatic heterocycles. The smallest absolute Gasteiger partial charge is 0.394 e. The second-order valence-electron chi connectivity index (χ2n) is 4.69. The number of carbonyl (C=O) groups excluding carboxylic acids is 1. The van der Waals surface area contributed by atoms with Gasteiger partial charge in [-0.1, -0.05) is 0 Å². The lowest BCUT2D eigenvalue weighted by Crippen LogP contribution is -2.46. The predicted molar refractivity (Wildman–Crippen MR) is 60.0 cm³/mol. The van der Waals surface area contributed by atoms with E-state index < -0.39 is 41.2 Å². The number of benzene rings is 1. The summed E-state index contributed by atoms with van der Waals surface area (Å²) < 4.78 is 50.8. The van der Waals surface area contributed by atoms with Gasteiger partial charge < -0.3 is 10.4 Å². The van der Waals surface area contributed by atoms with E-state index in [4.69, 9.17) is 5.11 Å². The molecule has 0 aliphatic rings. The molecule has 1 aromatic carbocycles. The molecule has 0 fully saturated rings. The zero-order chi connectivity index (χ0) is 14.8. The fourth-order valence-electron chi connectivity index (χ4n) is 1.29. The molecule has 0 saturated heterocycles. The molecular formula is C12H13F4NO2. The molecule has 0 aromatic heterocycles. The molecule has 1 aromatic rings. The average molecular weight is 279 g/mol. The molecule has 0 bridgehead atoms. The lowest BCUT2D eigenvalue weighted by Gasteiger charge is -2.23. The predicted octanol–water partition coefficient (Wildman–Crippen LogP) is 2.35. The lowest BCUT2D eigenvalue weighted by molar-refractivity contribution is -0.137. The molecule has 7 heteroatoms. The topological polar surface area (TPSA) is 49.3 Å². The van der Waals surface area contributed by atoms with Gasteiger partial charge in [-0.05, 0) is 32.0 Å². The minimum atomic E-state index is -4.66. The first-order chi connectivity index (χ1) is 8.57. The number of aliphatic hydroxyl groups excluding tert-OH is 1. The van der Waals surface area contributed by atoms with Gasteiger partial charge in [-0.3, -0.25) is 4.79 Å². The molecule has 3 nitrogen and oxygen atoms in total. The Morgan fingerprint density at radius 3 is 2.37 bits per heavy atom. The van der Waals surface area contributed by atoms with E-state index in [1.807, 2.05) is 0 Å². The summed E-state index contributed by atoms with van der Waals surface area (Å²) in [6, 6.07) is 1.59. The summed E-state index contributed by atoms with van der Waals surface area (Å²) in [5.41, 5.74) is -2.88. The Hall–Kier alpha value is -1.63. The van der Waals surface area contributed by atoms with E-state index in [0.717, 1.165) is 0 Å². The van der Waals surface area contributed by atoms with Crippen molar-refractivity contribution in [2.75, 3.05) is 6.61 Å². The van der Waals surface area contributed by atoms with Crippen LogP contribution in [-0.4, -0.2) is 23.2 Å². The number of aliphatic hydroxyl groups is 1. The number of amides is 1. The highest BCUT2D eigenvalue weighted by molar-refractivity contribution is 5.95. The number of hydrogen-bond acceptors (Lipinski definition) is 2. The average Bonchev–Trinajstić information content (AvgIpc) is 2.27. The molecule has 2 N–H and O–H groups in total. The minimum absolute atomic E-state index is 0.431. The van der Waals surface area contributed by atoms with Gasteiger partial charge in [-0.2, -0.15) is 13.2 Å². The normalized spacial score (nSPS) is 12.4. The van der Waals surface area contributed by atoms with Crippen LogP contribution >= 0.6 is 0 Å². The Kier molecular flexibility index (Phi) is 4.19. The molecule has 0 spiro atoms. The summed E-state index contributed by atoms with van der Waals surface area (Å²) in [5.74, 6) is -2.07. The van der Waals surface area contributed by atoms with Crippen LogP contribution in [0.5, 0.6) is 0 Å². The van der Waals surface area contributed by atoms with Crippen LogP contribution in [0.3, 0.4) is 0 Å². The highest BCUT2D eigenvalue weighted by Crippen LogP contribution is 2.30. The molecule has 1 amide bonds. The fraction of sp³-hybridized carbons (Fsp3) is 0.417. The Morgan fingerprint density at radius 2 is 1.89 bits per heavy atom. The van der Waals surface area contributed by atoms with Crippen molar-refractivity contribution in [2.24, 2.45) is 0 Å². The number of rotatable bonds is 3. The van der Waals surface area contributed by atoms with Gasteiger partial charge in [0.15, 0.2) is 0 Å². The van der Waals surface area contributed by atoms with Crippen LogP contribution in [0.25, 0.3) is 0 Å². The van der Waals surface area contributed by atoms with Crippen LogP contribution in [-0.2, 0) is 6.18 Å². The lowest BCUT2D eigenvalue weighted by atomic mass is 10.0. The zero-order valence-electron chi connectivity index (χ0n) is 10.3. The van der Waals surface area contributed by atoms with Crippen LogP contribution in [0.2, 0.25) is 0 Å². The van der Waals surface area contributed by atoms with Gasteiger partial charge in [0.2, 0.25) is 0 Å². The Bertz CT molecular complexity index is 483. The summed E-state index contributed by atoms with van der Waals surface area (Å²) >= 11 is 0. The molecule has 0 heterocycles. The highest BCUT2D eigenvalue weighted by atomic mass is 19.4. The van der Waals surface area contributed by atoms with E-state index in [1.54, 1.807) is 0 Å². The van der Waals surface area contributed by atoms with Crippen molar-refractivity contribution < 1.29 is 27.5 Å². The first-order valence-electron chi connectivity index (χ1n) is 5.37. The summed E-state index contributed by atoms with van der Waals surface area (Å²) in [7, 11) is 0. The van der Waals surface area contributed by atoms with Crippen LogP contribution in [0.15, 0.2) is 18.2 Å². The molecular weight excluding hydrogens is 266 g/mol. The van der Waals surface area contributed by atoms with E-state index in [1.165, 1.54) is 13.8 Å². The quantitative estimate of drug-likeness (QED) is 0.834. The SMILES string of the molecule is CC(C)(CO)NC(=O)c1cc(C(F)(F)F)ccc1F. The number of halogens is 4. The second kappa shape index (κ2) is 5.16. The second-order valence-corrected chi connectivity index (χ2v) is 4.69. The van der Waals surface area contributed by atoms with Gasteiger partial charge >= 0.3 is 6.18 Å². The van der Waals surface area contributed by atoms with Crippen molar-refractivity contribution in [3.05, 3.63) is 35.1 Å². The van der Waals surface area contributed by atoms with Gasteiger partial charge in [0.05, 0.1) is 23.3 Å². The molecule has 1 rings (SSSR count). The maximum Gasteiger partial charge on any atom is 0.416 e. The summed E-state index contributed by atoms with van der Waals surface area (Å²) in [5, 5.41) is 11.2. The van der Waals surface area contributed by atoms with Gasteiger partial charge in [-0.15, -0.1) is 0 Å². The Balaban J connectivity index is 3.10. The van der Waals surface area contributed by atoms with Gasteiger partial charge in [-0.25, -0.2) is 4.39 Å². The maximum absolute atomic E-state index is 13.4. The monoisotopic (exact) mass is 279 g/mol. The minimum Gasteiger partial charge on any atom is -0.394 e. The Morgan fingerprint density at radius 1 is 1.32 bits per heavy atom. The molecule has 106 valence electrons. The van der Waals surface area contributed by atoms with Crippen molar-refractivity contribution in [3.63, 3.8) is 0 Å². The van der Waals surface area contributed by atoms with Gasteiger partial charge in [0.25, 0.3) is 5.91 Å². The fourth-order valence-corrected chi connectivity index (χ4v) is 1.29. The van der Waals surface area contributed by atoms with Crippen LogP contribution in [0.4, 0.5) is 17.6 Å². The molecule has 0 radical (unpaired) electrons. The van der Waals surface area contributed by atoms with E-state index in [2.05, 4.69) is 5.32 Å². The van der Waals surface area contributed by atoms with E-state index in [9.17, 15) is 22.4 Å². The first-order valence-corrected chi connectivity index (χ1v) is 5.37. The van der Waals surface area contributed by atoms with Crippen molar-refractivity contribution in [1.29, 1.82) is 0 Å². The number of alkyl halides is 3. The maximum atomic E-state index is 13.4. The van der Waals surface area contributed by atoms with Gasteiger partial charge in [0, 0.05) is 0 Å². The van der Waals surface area contributed by atoms with Crippen LogP contribution < -0.4 is 5.32 Å². The van der Waals surface area contributed by atoms with Crippen LogP contribution in [0.1, 0.15) is 29.8 Å². The molecule has 0 unspecified atom stereocenters. The third-order valence-corrected chi connectivity index (χ3v) is 2.39. The molecule has 0 aliphatic carbocycles. The van der Waals surface area contributed by atoms with Crippen molar-refractivity contribution >= 4 is 5.91 Å². The largest absolute Gasteiger partial charge is 0.416 e. The number of nitrogens with one attached hydrogen (secondary N) is 1. The van der Waals surface area contributed by atoms with Crippen molar-refractivity contribution in [1.82, 2.24) is 5.32 Å². The number of carbonyl (C=O) groups is 1. The Labute approximate surface area is 107 Å². The van der Waals surface area contributed by atoms with Gasteiger partial charge in [0.1, 0.15) is 5.82 Å². The highest BCUT2D eigenvalue weighted by Gasteiger charge is 2.32. The van der Waals surface area contributed by atoms with E-state index in [0.29, 0.717) is 18.2 Å². The van der Waals surface area contributed by atoms with E-state index >= 15 is 0 Å². The molecule has 19 heavy (non-hydrogen) atoms. The standard InChI is InChI=1S/C12H13F4NO2/c1-11(2,6-18)17-10(19)8-5-7(12(14,15)16)3-4-9(8)13/h3-5,18H,6H2,1-2H3,(H,17,19). The van der Waals surface area contributed by atoms with E-state index in [-0.39, 0.29) is 0 Å². The molecule has 0 saturated carbocycles. The first kappa shape index (κ1) is 15.4.